The van der Waals surface area contributed by atoms with Crippen LogP contribution in [0.15, 0.2) is 24.3 Å². The Morgan fingerprint density at radius 2 is 1.82 bits per heavy atom. The van der Waals surface area contributed by atoms with E-state index in [0.29, 0.717) is 5.95 Å². The van der Waals surface area contributed by atoms with Crippen molar-refractivity contribution in [2.24, 2.45) is 0 Å². The summed E-state index contributed by atoms with van der Waals surface area (Å²) < 4.78 is 39.2. The molecule has 2 aromatic rings. The standard InChI is InChI=1S/C20H26F3N5/c1-2-3-7-16-13-18(28-8-5-4-6-9-28)27-19(25-16)26-17-11-14(20(21,22)23)10-15(24)12-17/h10-13H,2-9,24H2,1H3,(H,25,26,27). The number of nitrogen functional groups attached to an aromatic ring is 1. The molecule has 1 aliphatic heterocycles. The molecule has 0 saturated carbocycles. The number of unbranched alkanes of at least 4 members (excludes halogenated alkanes) is 1. The van der Waals surface area contributed by atoms with Gasteiger partial charge >= 0.3 is 6.18 Å². The number of benzene rings is 1. The third-order valence-corrected chi connectivity index (χ3v) is 4.77. The Bertz CT molecular complexity index is 801. The summed E-state index contributed by atoms with van der Waals surface area (Å²) in [5.41, 5.74) is 6.02. The molecule has 3 rings (SSSR count). The summed E-state index contributed by atoms with van der Waals surface area (Å²) in [6.07, 6.45) is 1.80. The SMILES string of the molecule is CCCCc1cc(N2CCCCC2)nc(Nc2cc(N)cc(C(F)(F)F)c2)n1. The molecule has 0 aliphatic carbocycles. The molecule has 2 heterocycles. The minimum Gasteiger partial charge on any atom is -0.399 e. The normalized spacial score (nSPS) is 14.9. The Kier molecular flexibility index (Phi) is 6.26. The fourth-order valence-corrected chi connectivity index (χ4v) is 3.33. The van der Waals surface area contributed by atoms with E-state index in [0.717, 1.165) is 68.8 Å². The zero-order chi connectivity index (χ0) is 20.1. The molecular formula is C20H26F3N5. The first-order valence-corrected chi connectivity index (χ1v) is 9.73. The lowest BCUT2D eigenvalue weighted by Crippen LogP contribution is -2.30. The van der Waals surface area contributed by atoms with Gasteiger partial charge in [0.2, 0.25) is 5.95 Å². The topological polar surface area (TPSA) is 67.1 Å². The molecule has 0 atom stereocenters. The van der Waals surface area contributed by atoms with Crippen LogP contribution in [0.2, 0.25) is 0 Å². The molecule has 5 nitrogen and oxygen atoms in total. The van der Waals surface area contributed by atoms with Crippen LogP contribution in [0.4, 0.5) is 36.3 Å². The Morgan fingerprint density at radius 3 is 2.50 bits per heavy atom. The third-order valence-electron chi connectivity index (χ3n) is 4.77. The number of hydrogen-bond donors (Lipinski definition) is 2. The fraction of sp³-hybridized carbons (Fsp3) is 0.500. The number of nitrogens with zero attached hydrogens (tertiary/aromatic N) is 3. The van der Waals surface area contributed by atoms with Crippen LogP contribution < -0.4 is 16.0 Å². The Labute approximate surface area is 163 Å². The van der Waals surface area contributed by atoms with Gasteiger partial charge in [-0.05, 0) is 50.3 Å². The van der Waals surface area contributed by atoms with Crippen molar-refractivity contribution in [2.75, 3.05) is 29.0 Å². The van der Waals surface area contributed by atoms with Crippen molar-refractivity contribution in [3.63, 3.8) is 0 Å². The van der Waals surface area contributed by atoms with E-state index in [-0.39, 0.29) is 11.4 Å². The molecule has 3 N–H and O–H groups in total. The van der Waals surface area contributed by atoms with Crippen molar-refractivity contribution in [3.8, 4) is 0 Å². The lowest BCUT2D eigenvalue weighted by Gasteiger charge is -2.28. The predicted molar refractivity (Wildman–Crippen MR) is 106 cm³/mol. The van der Waals surface area contributed by atoms with E-state index in [4.69, 9.17) is 5.73 Å². The number of alkyl halides is 3. The number of anilines is 4. The summed E-state index contributed by atoms with van der Waals surface area (Å²) in [5, 5.41) is 2.92. The van der Waals surface area contributed by atoms with Crippen molar-refractivity contribution >= 4 is 23.1 Å². The molecule has 1 fully saturated rings. The molecular weight excluding hydrogens is 367 g/mol. The second kappa shape index (κ2) is 8.67. The molecule has 0 spiro atoms. The number of aromatic nitrogens is 2. The van der Waals surface area contributed by atoms with Gasteiger partial charge in [0.1, 0.15) is 5.82 Å². The first-order valence-electron chi connectivity index (χ1n) is 9.73. The van der Waals surface area contributed by atoms with E-state index in [2.05, 4.69) is 27.1 Å². The van der Waals surface area contributed by atoms with E-state index in [9.17, 15) is 13.2 Å². The maximum absolute atomic E-state index is 13.1. The highest BCUT2D eigenvalue weighted by Gasteiger charge is 2.31. The van der Waals surface area contributed by atoms with E-state index in [1.807, 2.05) is 6.07 Å². The number of aryl methyl sites for hydroxylation is 1. The molecule has 0 bridgehead atoms. The largest absolute Gasteiger partial charge is 0.416 e. The number of nitrogens with one attached hydrogen (secondary N) is 1. The lowest BCUT2D eigenvalue weighted by molar-refractivity contribution is -0.137. The van der Waals surface area contributed by atoms with Gasteiger partial charge < -0.3 is 16.0 Å². The summed E-state index contributed by atoms with van der Waals surface area (Å²) in [5.74, 6) is 1.12. The average Bonchev–Trinajstić information content (AvgIpc) is 2.66. The summed E-state index contributed by atoms with van der Waals surface area (Å²) in [4.78, 5) is 11.3. The first-order chi connectivity index (χ1) is 13.3. The Hall–Kier alpha value is -2.51. The summed E-state index contributed by atoms with van der Waals surface area (Å²) in [6, 6.07) is 5.40. The minimum absolute atomic E-state index is 0.0377. The summed E-state index contributed by atoms with van der Waals surface area (Å²) >= 11 is 0. The predicted octanol–water partition coefficient (Wildman–Crippen LogP) is 5.15. The Morgan fingerprint density at radius 1 is 1.07 bits per heavy atom. The van der Waals surface area contributed by atoms with Crippen LogP contribution in [0, 0.1) is 0 Å². The highest BCUT2D eigenvalue weighted by Crippen LogP contribution is 2.33. The highest BCUT2D eigenvalue weighted by atomic mass is 19.4. The molecule has 1 aliphatic rings. The third kappa shape index (κ3) is 5.27. The van der Waals surface area contributed by atoms with Crippen LogP contribution in [0.3, 0.4) is 0 Å². The van der Waals surface area contributed by atoms with Gasteiger partial charge in [0.05, 0.1) is 5.56 Å². The van der Waals surface area contributed by atoms with Crippen molar-refractivity contribution in [1.82, 2.24) is 9.97 Å². The zero-order valence-electron chi connectivity index (χ0n) is 16.0. The summed E-state index contributed by atoms with van der Waals surface area (Å²) in [6.45, 7) is 3.97. The van der Waals surface area contributed by atoms with Gasteiger partial charge in [-0.3, -0.25) is 0 Å². The van der Waals surface area contributed by atoms with Gasteiger partial charge in [-0.25, -0.2) is 4.98 Å². The molecule has 8 heteroatoms. The molecule has 28 heavy (non-hydrogen) atoms. The van der Waals surface area contributed by atoms with Crippen LogP contribution in [0.25, 0.3) is 0 Å². The maximum Gasteiger partial charge on any atom is 0.416 e. The number of piperidine rings is 1. The second-order valence-electron chi connectivity index (χ2n) is 7.16. The van der Waals surface area contributed by atoms with Crippen molar-refractivity contribution in [1.29, 1.82) is 0 Å². The second-order valence-corrected chi connectivity index (χ2v) is 7.16. The zero-order valence-corrected chi connectivity index (χ0v) is 16.0. The van der Waals surface area contributed by atoms with Crippen LogP contribution in [-0.4, -0.2) is 23.1 Å². The van der Waals surface area contributed by atoms with Gasteiger partial charge in [-0.2, -0.15) is 18.2 Å². The lowest BCUT2D eigenvalue weighted by atomic mass is 10.1. The van der Waals surface area contributed by atoms with E-state index in [1.54, 1.807) is 0 Å². The van der Waals surface area contributed by atoms with Crippen molar-refractivity contribution in [2.45, 2.75) is 51.6 Å². The average molecular weight is 393 g/mol. The van der Waals surface area contributed by atoms with Gasteiger partial charge in [-0.15, -0.1) is 0 Å². The molecule has 1 saturated heterocycles. The highest BCUT2D eigenvalue weighted by molar-refractivity contribution is 5.63. The van der Waals surface area contributed by atoms with Crippen molar-refractivity contribution in [3.05, 3.63) is 35.5 Å². The quantitative estimate of drug-likeness (QED) is 0.664. The maximum atomic E-state index is 13.1. The molecule has 0 amide bonds. The van der Waals surface area contributed by atoms with Gasteiger partial charge in [-0.1, -0.05) is 13.3 Å². The van der Waals surface area contributed by atoms with E-state index >= 15 is 0 Å². The smallest absolute Gasteiger partial charge is 0.399 e. The molecule has 152 valence electrons. The summed E-state index contributed by atoms with van der Waals surface area (Å²) in [7, 11) is 0. The van der Waals surface area contributed by atoms with E-state index < -0.39 is 11.7 Å². The Balaban J connectivity index is 1.91. The monoisotopic (exact) mass is 393 g/mol. The molecule has 1 aromatic carbocycles. The van der Waals surface area contributed by atoms with Gasteiger partial charge in [0.15, 0.2) is 0 Å². The number of rotatable bonds is 6. The number of hydrogen-bond acceptors (Lipinski definition) is 5. The molecule has 1 aromatic heterocycles. The van der Waals surface area contributed by atoms with Gasteiger partial charge in [0, 0.05) is 36.2 Å². The number of halogens is 3. The fourth-order valence-electron chi connectivity index (χ4n) is 3.33. The van der Waals surface area contributed by atoms with Crippen LogP contribution in [0.1, 0.15) is 50.3 Å². The molecule has 0 radical (unpaired) electrons. The van der Waals surface area contributed by atoms with Crippen LogP contribution >= 0.6 is 0 Å². The van der Waals surface area contributed by atoms with Crippen LogP contribution in [-0.2, 0) is 12.6 Å². The van der Waals surface area contributed by atoms with Crippen molar-refractivity contribution < 1.29 is 13.2 Å². The minimum atomic E-state index is -4.46. The van der Waals surface area contributed by atoms with Crippen LogP contribution in [0.5, 0.6) is 0 Å². The van der Waals surface area contributed by atoms with E-state index in [1.165, 1.54) is 12.5 Å². The van der Waals surface area contributed by atoms with Gasteiger partial charge in [0.25, 0.3) is 0 Å². The number of nitrogens with two attached hydrogens (primary N) is 1. The first kappa shape index (κ1) is 20.2. The molecule has 0 unspecified atom stereocenters.